The van der Waals surface area contributed by atoms with E-state index in [0.717, 1.165) is 5.56 Å². The molecule has 20 heavy (non-hydrogen) atoms. The van der Waals surface area contributed by atoms with Crippen molar-refractivity contribution >= 4 is 27.3 Å². The molecule has 0 saturated carbocycles. The molecule has 0 amide bonds. The normalized spacial score (nSPS) is 11.8. The first-order chi connectivity index (χ1) is 9.31. The van der Waals surface area contributed by atoms with Crippen LogP contribution in [0.1, 0.15) is 17.0 Å². The molecule has 0 saturated heterocycles. The number of nitrogens with two attached hydrogens (primary N) is 1. The van der Waals surface area contributed by atoms with Crippen LogP contribution in [0.4, 0.5) is 5.69 Å². The number of halogens is 1. The van der Waals surface area contributed by atoms with Gasteiger partial charge in [0.05, 0.1) is 21.3 Å². The van der Waals surface area contributed by atoms with Gasteiger partial charge in [-0.3, -0.25) is 0 Å². The van der Waals surface area contributed by atoms with Gasteiger partial charge in [0, 0.05) is 12.1 Å². The predicted molar refractivity (Wildman–Crippen MR) is 75.9 cm³/mol. The number of nitrogens with zero attached hydrogens (tertiary/aromatic N) is 1. The smallest absolute Gasteiger partial charge is 0.240 e. The molecule has 2 rings (SSSR count). The van der Waals surface area contributed by atoms with Crippen molar-refractivity contribution in [2.45, 2.75) is 25.3 Å². The number of rotatable bonds is 4. The fourth-order valence-corrected chi connectivity index (χ4v) is 2.95. The lowest BCUT2D eigenvalue weighted by molar-refractivity contribution is 0.392. The number of benzene rings is 1. The van der Waals surface area contributed by atoms with Crippen LogP contribution in [0.3, 0.4) is 0 Å². The molecule has 6 nitrogen and oxygen atoms in total. The minimum atomic E-state index is -3.67. The average molecular weight is 316 g/mol. The van der Waals surface area contributed by atoms with Gasteiger partial charge in [0.15, 0.2) is 0 Å². The van der Waals surface area contributed by atoms with Crippen molar-refractivity contribution in [3.8, 4) is 0 Å². The van der Waals surface area contributed by atoms with Gasteiger partial charge in [0.2, 0.25) is 10.0 Å². The van der Waals surface area contributed by atoms with E-state index in [1.54, 1.807) is 13.8 Å². The molecule has 1 heterocycles. The third-order valence-corrected chi connectivity index (χ3v) is 4.63. The second kappa shape index (κ2) is 5.43. The number of anilines is 1. The Bertz CT molecular complexity index is 721. The lowest BCUT2D eigenvalue weighted by Crippen LogP contribution is -2.23. The van der Waals surface area contributed by atoms with Crippen LogP contribution in [0, 0.1) is 13.8 Å². The molecule has 0 spiro atoms. The summed E-state index contributed by atoms with van der Waals surface area (Å²) in [6.45, 7) is 3.58. The Kier molecular flexibility index (Phi) is 4.03. The van der Waals surface area contributed by atoms with Crippen LogP contribution in [0.15, 0.2) is 27.6 Å². The Balaban J connectivity index is 2.21. The minimum Gasteiger partial charge on any atom is -0.398 e. The Labute approximate surface area is 122 Å². The summed E-state index contributed by atoms with van der Waals surface area (Å²) in [6, 6.07) is 4.16. The van der Waals surface area contributed by atoms with Crippen LogP contribution >= 0.6 is 11.6 Å². The lowest BCUT2D eigenvalue weighted by atomic mass is 10.2. The number of sulfonamides is 1. The molecule has 0 atom stereocenters. The van der Waals surface area contributed by atoms with Crippen molar-refractivity contribution in [3.05, 3.63) is 40.2 Å². The van der Waals surface area contributed by atoms with Crippen molar-refractivity contribution in [2.75, 3.05) is 5.73 Å². The summed E-state index contributed by atoms with van der Waals surface area (Å²) in [5.41, 5.74) is 7.26. The van der Waals surface area contributed by atoms with Gasteiger partial charge in [-0.25, -0.2) is 13.1 Å². The van der Waals surface area contributed by atoms with E-state index >= 15 is 0 Å². The molecule has 0 aliphatic rings. The second-order valence-corrected chi connectivity index (χ2v) is 6.48. The van der Waals surface area contributed by atoms with Crippen molar-refractivity contribution in [1.29, 1.82) is 0 Å². The molecular formula is C12H14ClN3O3S. The number of aromatic nitrogens is 1. The maximum atomic E-state index is 12.2. The number of hydrogen-bond acceptors (Lipinski definition) is 5. The zero-order valence-electron chi connectivity index (χ0n) is 11.0. The third-order valence-electron chi connectivity index (χ3n) is 2.90. The molecule has 8 heteroatoms. The molecule has 1 aromatic heterocycles. The van der Waals surface area contributed by atoms with Crippen LogP contribution in [0.5, 0.6) is 0 Å². The Morgan fingerprint density at radius 3 is 2.65 bits per heavy atom. The summed E-state index contributed by atoms with van der Waals surface area (Å²) in [7, 11) is -3.67. The third kappa shape index (κ3) is 2.95. The van der Waals surface area contributed by atoms with Gasteiger partial charge >= 0.3 is 0 Å². The molecule has 0 unspecified atom stereocenters. The summed E-state index contributed by atoms with van der Waals surface area (Å²) in [5, 5.41) is 3.97. The van der Waals surface area contributed by atoms with Crippen LogP contribution in [0.2, 0.25) is 5.02 Å². The van der Waals surface area contributed by atoms with Gasteiger partial charge in [0.1, 0.15) is 5.76 Å². The van der Waals surface area contributed by atoms with Crippen molar-refractivity contribution in [1.82, 2.24) is 9.88 Å². The highest BCUT2D eigenvalue weighted by Gasteiger charge is 2.17. The molecule has 3 N–H and O–H groups in total. The Morgan fingerprint density at radius 2 is 2.10 bits per heavy atom. The molecule has 0 fully saturated rings. The molecule has 108 valence electrons. The SMILES string of the molecule is Cc1noc(C)c1CNS(=O)(=O)c1ccc(N)c(Cl)c1. The molecule has 0 radical (unpaired) electrons. The molecule has 0 aliphatic heterocycles. The predicted octanol–water partition coefficient (Wildman–Crippen LogP) is 2.01. The van der Waals surface area contributed by atoms with Gasteiger partial charge in [-0.05, 0) is 32.0 Å². The van der Waals surface area contributed by atoms with Crippen LogP contribution in [-0.2, 0) is 16.6 Å². The topological polar surface area (TPSA) is 98.2 Å². The fraction of sp³-hybridized carbons (Fsp3) is 0.250. The maximum Gasteiger partial charge on any atom is 0.240 e. The first-order valence-electron chi connectivity index (χ1n) is 5.77. The van der Waals surface area contributed by atoms with Gasteiger partial charge in [-0.1, -0.05) is 16.8 Å². The van der Waals surface area contributed by atoms with Crippen LogP contribution in [-0.4, -0.2) is 13.6 Å². The molecule has 0 aliphatic carbocycles. The van der Waals surface area contributed by atoms with E-state index in [9.17, 15) is 8.42 Å². The highest BCUT2D eigenvalue weighted by Crippen LogP contribution is 2.22. The number of aryl methyl sites for hydroxylation is 2. The van der Waals surface area contributed by atoms with E-state index in [1.807, 2.05) is 0 Å². The van der Waals surface area contributed by atoms with Gasteiger partial charge in [0.25, 0.3) is 0 Å². The maximum absolute atomic E-state index is 12.2. The highest BCUT2D eigenvalue weighted by atomic mass is 35.5. The van der Waals surface area contributed by atoms with Crippen molar-refractivity contribution in [2.24, 2.45) is 0 Å². The van der Waals surface area contributed by atoms with Crippen LogP contribution in [0.25, 0.3) is 0 Å². The molecule has 2 aromatic rings. The lowest BCUT2D eigenvalue weighted by Gasteiger charge is -2.07. The van der Waals surface area contributed by atoms with E-state index in [4.69, 9.17) is 21.9 Å². The zero-order chi connectivity index (χ0) is 14.9. The van der Waals surface area contributed by atoms with Gasteiger partial charge in [-0.2, -0.15) is 0 Å². The summed E-state index contributed by atoms with van der Waals surface area (Å²) >= 11 is 5.83. The quantitative estimate of drug-likeness (QED) is 0.841. The Morgan fingerprint density at radius 1 is 1.40 bits per heavy atom. The van der Waals surface area contributed by atoms with Crippen molar-refractivity contribution < 1.29 is 12.9 Å². The number of hydrogen-bond donors (Lipinski definition) is 2. The first kappa shape index (κ1) is 14.8. The van der Waals surface area contributed by atoms with E-state index in [0.29, 0.717) is 17.1 Å². The number of nitrogen functional groups attached to an aromatic ring is 1. The van der Waals surface area contributed by atoms with E-state index in [-0.39, 0.29) is 16.5 Å². The standard InChI is InChI=1S/C12H14ClN3O3S/c1-7-10(8(2)19-16-7)6-15-20(17,18)9-3-4-12(14)11(13)5-9/h3-5,15H,6,14H2,1-2H3. The number of nitrogens with one attached hydrogen (secondary N) is 1. The molecular weight excluding hydrogens is 302 g/mol. The van der Waals surface area contributed by atoms with Crippen LogP contribution < -0.4 is 10.5 Å². The molecule has 1 aromatic carbocycles. The monoisotopic (exact) mass is 315 g/mol. The first-order valence-corrected chi connectivity index (χ1v) is 7.64. The Hall–Kier alpha value is -1.57. The zero-order valence-corrected chi connectivity index (χ0v) is 12.5. The summed E-state index contributed by atoms with van der Waals surface area (Å²) in [4.78, 5) is 0.0588. The van der Waals surface area contributed by atoms with E-state index < -0.39 is 10.0 Å². The second-order valence-electron chi connectivity index (χ2n) is 4.31. The van der Waals surface area contributed by atoms with Gasteiger partial charge < -0.3 is 10.3 Å². The largest absolute Gasteiger partial charge is 0.398 e. The van der Waals surface area contributed by atoms with E-state index in [2.05, 4.69) is 9.88 Å². The van der Waals surface area contributed by atoms with E-state index in [1.165, 1.54) is 18.2 Å². The van der Waals surface area contributed by atoms with Crippen molar-refractivity contribution in [3.63, 3.8) is 0 Å². The van der Waals surface area contributed by atoms with Gasteiger partial charge in [-0.15, -0.1) is 0 Å². The summed E-state index contributed by atoms with van der Waals surface area (Å²) in [6.07, 6.45) is 0. The average Bonchev–Trinajstić information content (AvgIpc) is 2.70. The fourth-order valence-electron chi connectivity index (χ4n) is 1.68. The summed E-state index contributed by atoms with van der Waals surface area (Å²) in [5.74, 6) is 0.584. The minimum absolute atomic E-state index is 0.0588. The summed E-state index contributed by atoms with van der Waals surface area (Å²) < 4.78 is 31.8. The molecule has 0 bridgehead atoms. The highest BCUT2D eigenvalue weighted by molar-refractivity contribution is 7.89.